The number of aryl methyl sites for hydroxylation is 2. The van der Waals surface area contributed by atoms with Gasteiger partial charge in [-0.25, -0.2) is 0 Å². The fourth-order valence-electron chi connectivity index (χ4n) is 8.66. The highest BCUT2D eigenvalue weighted by molar-refractivity contribution is 5.86. The summed E-state index contributed by atoms with van der Waals surface area (Å²) in [6.45, 7) is 18.0. The number of para-hydroxylation sites is 2. The van der Waals surface area contributed by atoms with E-state index in [1.165, 1.54) is 33.4 Å². The predicted molar refractivity (Wildman–Crippen MR) is 280 cm³/mol. The van der Waals surface area contributed by atoms with Crippen LogP contribution in [0.15, 0.2) is 207 Å². The third-order valence-electron chi connectivity index (χ3n) is 12.4. The van der Waals surface area contributed by atoms with Gasteiger partial charge in [0.05, 0.1) is 11.4 Å². The minimum atomic E-state index is -0.156. The lowest BCUT2D eigenvalue weighted by Crippen LogP contribution is -2.17. The van der Waals surface area contributed by atoms with E-state index in [1.807, 2.05) is 12.4 Å². The number of hydrogen-bond acceptors (Lipinski definition) is 4. The van der Waals surface area contributed by atoms with Gasteiger partial charge in [0.15, 0.2) is 0 Å². The van der Waals surface area contributed by atoms with Crippen molar-refractivity contribution in [3.05, 3.63) is 229 Å². The third kappa shape index (κ3) is 9.32. The van der Waals surface area contributed by atoms with Crippen molar-refractivity contribution in [3.63, 3.8) is 0 Å². The van der Waals surface area contributed by atoms with E-state index in [1.54, 1.807) is 0 Å². The molecule has 0 radical (unpaired) electrons. The van der Waals surface area contributed by atoms with Crippen LogP contribution in [0.4, 0.5) is 34.1 Å². The van der Waals surface area contributed by atoms with Crippen LogP contribution in [0.25, 0.3) is 44.8 Å². The quantitative estimate of drug-likeness (QED) is 0.137. The fraction of sp³-hybridized carbons (Fsp3) is 0.161. The molecular weight excluding hydrogens is 801 g/mol. The second-order valence-electron chi connectivity index (χ2n) is 19.4. The first kappa shape index (κ1) is 43.7. The van der Waals surface area contributed by atoms with Crippen LogP contribution in [-0.2, 0) is 10.8 Å². The number of benzene rings is 7. The molecule has 0 spiro atoms. The van der Waals surface area contributed by atoms with Crippen LogP contribution in [0.2, 0.25) is 0 Å². The van der Waals surface area contributed by atoms with Gasteiger partial charge in [0.2, 0.25) is 0 Å². The van der Waals surface area contributed by atoms with E-state index < -0.39 is 0 Å². The van der Waals surface area contributed by atoms with Crippen LogP contribution < -0.4 is 9.80 Å². The highest BCUT2D eigenvalue weighted by Crippen LogP contribution is 2.44. The molecule has 326 valence electrons. The van der Waals surface area contributed by atoms with E-state index in [4.69, 9.17) is 9.97 Å². The van der Waals surface area contributed by atoms with Crippen molar-refractivity contribution in [2.75, 3.05) is 9.80 Å². The molecule has 2 heterocycles. The summed E-state index contributed by atoms with van der Waals surface area (Å²) in [5, 5.41) is 0. The maximum atomic E-state index is 5.10. The fourth-order valence-corrected chi connectivity index (χ4v) is 8.66. The molecule has 0 aliphatic rings. The Hall–Kier alpha value is -7.56. The Balaban J connectivity index is 1.27. The average molecular weight is 859 g/mol. The minimum absolute atomic E-state index is 0.156. The van der Waals surface area contributed by atoms with Crippen molar-refractivity contribution in [1.82, 2.24) is 9.97 Å². The third-order valence-corrected chi connectivity index (χ3v) is 12.4. The standard InChI is InChI=1S/C62H58N4/c1-43-41-63-59(39-57(43)45-21-13-9-14-22-45)47-33-49(61(3,4)5)37-55(35-47)66(54-31-29-53(30-32-54)65(51-25-17-11-18-26-51)52-27-19-12-20-28-52)56-36-48(34-50(38-56)62(6,7)8)60-40-58(44(2)42-64-60)46-23-15-10-16-24-46/h9-42H,1-8H3. The molecule has 0 bridgehead atoms. The summed E-state index contributed by atoms with van der Waals surface area (Å²) in [6, 6.07) is 69.9. The van der Waals surface area contributed by atoms with Crippen LogP contribution in [-0.4, -0.2) is 9.97 Å². The number of rotatable bonds is 10. The second-order valence-corrected chi connectivity index (χ2v) is 19.4. The van der Waals surface area contributed by atoms with E-state index in [2.05, 4.69) is 259 Å². The first-order chi connectivity index (χ1) is 31.8. The average Bonchev–Trinajstić information content (AvgIpc) is 3.33. The number of nitrogens with zero attached hydrogens (tertiary/aromatic N) is 4. The molecule has 0 aliphatic carbocycles. The lowest BCUT2D eigenvalue weighted by atomic mass is 9.84. The molecule has 0 N–H and O–H groups in total. The number of aromatic nitrogens is 2. The van der Waals surface area contributed by atoms with Crippen LogP contribution in [0.1, 0.15) is 63.8 Å². The number of anilines is 6. The topological polar surface area (TPSA) is 32.3 Å². The van der Waals surface area contributed by atoms with Gasteiger partial charge in [-0.2, -0.15) is 0 Å². The molecule has 0 atom stereocenters. The molecule has 0 unspecified atom stereocenters. The highest BCUT2D eigenvalue weighted by atomic mass is 15.2. The van der Waals surface area contributed by atoms with E-state index in [-0.39, 0.29) is 10.8 Å². The Morgan fingerprint density at radius 1 is 0.318 bits per heavy atom. The van der Waals surface area contributed by atoms with Crippen LogP contribution in [0.5, 0.6) is 0 Å². The van der Waals surface area contributed by atoms with Gasteiger partial charge in [0.1, 0.15) is 0 Å². The van der Waals surface area contributed by atoms with Gasteiger partial charge in [-0.3, -0.25) is 9.97 Å². The van der Waals surface area contributed by atoms with E-state index in [0.29, 0.717) is 0 Å². The largest absolute Gasteiger partial charge is 0.311 e. The molecule has 0 saturated heterocycles. The Morgan fingerprint density at radius 3 is 0.985 bits per heavy atom. The summed E-state index contributed by atoms with van der Waals surface area (Å²) in [4.78, 5) is 14.9. The molecule has 66 heavy (non-hydrogen) atoms. The van der Waals surface area contributed by atoms with Crippen molar-refractivity contribution < 1.29 is 0 Å². The zero-order chi connectivity index (χ0) is 46.0. The summed E-state index contributed by atoms with van der Waals surface area (Å²) >= 11 is 0. The van der Waals surface area contributed by atoms with Crippen molar-refractivity contribution in [1.29, 1.82) is 0 Å². The number of hydrogen-bond donors (Lipinski definition) is 0. The Morgan fingerprint density at radius 2 is 0.636 bits per heavy atom. The first-order valence-electron chi connectivity index (χ1n) is 23.0. The molecular formula is C62H58N4. The molecule has 0 aliphatic heterocycles. The Bertz CT molecular complexity index is 2900. The van der Waals surface area contributed by atoms with Crippen LogP contribution in [0.3, 0.4) is 0 Å². The van der Waals surface area contributed by atoms with Gasteiger partial charge in [0, 0.05) is 57.6 Å². The molecule has 0 fully saturated rings. The Labute approximate surface area is 391 Å². The molecule has 2 aromatic heterocycles. The molecule has 0 amide bonds. The van der Waals surface area contributed by atoms with Crippen molar-refractivity contribution >= 4 is 34.1 Å². The maximum absolute atomic E-state index is 5.10. The first-order valence-corrected chi connectivity index (χ1v) is 23.0. The van der Waals surface area contributed by atoms with E-state index in [0.717, 1.165) is 67.8 Å². The molecule has 9 aromatic rings. The van der Waals surface area contributed by atoms with Crippen LogP contribution >= 0.6 is 0 Å². The molecule has 4 nitrogen and oxygen atoms in total. The lowest BCUT2D eigenvalue weighted by Gasteiger charge is -2.31. The van der Waals surface area contributed by atoms with Gasteiger partial charge in [-0.1, -0.05) is 139 Å². The lowest BCUT2D eigenvalue weighted by molar-refractivity contribution is 0.590. The summed E-state index contributed by atoms with van der Waals surface area (Å²) in [7, 11) is 0. The molecule has 9 rings (SSSR count). The maximum Gasteiger partial charge on any atom is 0.0709 e. The molecule has 7 aromatic carbocycles. The zero-order valence-electron chi connectivity index (χ0n) is 39.4. The monoisotopic (exact) mass is 858 g/mol. The molecule has 4 heteroatoms. The van der Waals surface area contributed by atoms with Crippen LogP contribution in [0, 0.1) is 13.8 Å². The van der Waals surface area contributed by atoms with Crippen molar-refractivity contribution in [2.45, 2.75) is 66.2 Å². The normalized spacial score (nSPS) is 11.6. The van der Waals surface area contributed by atoms with E-state index in [9.17, 15) is 0 Å². The highest BCUT2D eigenvalue weighted by Gasteiger charge is 2.25. The van der Waals surface area contributed by atoms with Crippen molar-refractivity contribution in [2.24, 2.45) is 0 Å². The SMILES string of the molecule is Cc1cnc(-c2cc(N(c3ccc(N(c4ccccc4)c4ccccc4)cc3)c3cc(-c4cc(-c5ccccc5)c(C)cn4)cc(C(C)(C)C)c3)cc(C(C)(C)C)c2)cc1-c1ccccc1. The number of pyridine rings is 2. The second kappa shape index (κ2) is 18.1. The van der Waals surface area contributed by atoms with Crippen molar-refractivity contribution in [3.8, 4) is 44.8 Å². The summed E-state index contributed by atoms with van der Waals surface area (Å²) < 4.78 is 0. The van der Waals surface area contributed by atoms with Gasteiger partial charge in [-0.05, 0) is 166 Å². The smallest absolute Gasteiger partial charge is 0.0709 e. The summed E-state index contributed by atoms with van der Waals surface area (Å²) in [6.07, 6.45) is 4.03. The van der Waals surface area contributed by atoms with Gasteiger partial charge < -0.3 is 9.80 Å². The predicted octanol–water partition coefficient (Wildman–Crippen LogP) is 17.3. The van der Waals surface area contributed by atoms with Gasteiger partial charge in [0.25, 0.3) is 0 Å². The molecule has 0 saturated carbocycles. The summed E-state index contributed by atoms with van der Waals surface area (Å²) in [5.74, 6) is 0. The Kier molecular flexibility index (Phi) is 12.0. The van der Waals surface area contributed by atoms with Gasteiger partial charge >= 0.3 is 0 Å². The summed E-state index contributed by atoms with van der Waals surface area (Å²) in [5.41, 5.74) is 19.5. The zero-order valence-corrected chi connectivity index (χ0v) is 39.4. The minimum Gasteiger partial charge on any atom is -0.311 e. The van der Waals surface area contributed by atoms with Gasteiger partial charge in [-0.15, -0.1) is 0 Å². The van der Waals surface area contributed by atoms with E-state index >= 15 is 0 Å².